The Morgan fingerprint density at radius 3 is 1.58 bits per heavy atom. The fourth-order valence-electron chi connectivity index (χ4n) is 8.01. The van der Waals surface area contributed by atoms with Gasteiger partial charge in [0.15, 0.2) is 0 Å². The fourth-order valence-corrected chi connectivity index (χ4v) is 8.01. The maximum absolute atomic E-state index is 5.15. The molecule has 0 spiro atoms. The van der Waals surface area contributed by atoms with Gasteiger partial charge in [0.05, 0.1) is 50.0 Å². The molecule has 0 radical (unpaired) electrons. The van der Waals surface area contributed by atoms with E-state index >= 15 is 0 Å². The molecule has 11 rings (SSSR count). The molecule has 0 saturated heterocycles. The Labute approximate surface area is 275 Å². The topological polar surface area (TPSA) is 35.1 Å². The largest absolute Gasteiger partial charge is 0.309 e. The summed E-state index contributed by atoms with van der Waals surface area (Å²) in [6.45, 7) is 0. The number of hydrogen-bond donors (Lipinski definition) is 0. The van der Waals surface area contributed by atoms with Gasteiger partial charge in [0, 0.05) is 49.1 Å². The molecular weight excluding hydrogens is 585 g/mol. The summed E-state index contributed by atoms with van der Waals surface area (Å²) in [5, 5.41) is 7.72. The van der Waals surface area contributed by atoms with Crippen molar-refractivity contribution in [3.05, 3.63) is 158 Å². The lowest BCUT2D eigenvalue weighted by Gasteiger charge is -2.12. The Bertz CT molecular complexity index is 3040. The summed E-state index contributed by atoms with van der Waals surface area (Å²) in [5.41, 5.74) is 13.0. The van der Waals surface area contributed by atoms with Crippen LogP contribution in [0.2, 0.25) is 0 Å². The monoisotopic (exact) mass is 610 g/mol. The second-order valence-electron chi connectivity index (χ2n) is 12.6. The van der Waals surface area contributed by atoms with Crippen molar-refractivity contribution < 1.29 is 0 Å². The lowest BCUT2D eigenvalue weighted by atomic mass is 10.0. The summed E-state index contributed by atoms with van der Waals surface area (Å²) in [6, 6.07) is 56.2. The average molecular weight is 611 g/mol. The van der Waals surface area contributed by atoms with E-state index in [9.17, 15) is 0 Å². The van der Waals surface area contributed by atoms with Crippen molar-refractivity contribution in [2.75, 3.05) is 0 Å². The van der Waals surface area contributed by atoms with E-state index in [1.165, 1.54) is 59.9 Å². The van der Waals surface area contributed by atoms with Crippen LogP contribution in [0.15, 0.2) is 158 Å². The molecule has 48 heavy (non-hydrogen) atoms. The molecule has 11 aromatic rings. The molecule has 0 bridgehead atoms. The van der Waals surface area contributed by atoms with E-state index in [-0.39, 0.29) is 0 Å². The van der Waals surface area contributed by atoms with Crippen LogP contribution in [0.25, 0.3) is 99.1 Å². The first kappa shape index (κ1) is 25.6. The lowest BCUT2D eigenvalue weighted by Crippen LogP contribution is -1.97. The van der Waals surface area contributed by atoms with E-state index in [1.54, 1.807) is 0 Å². The zero-order valence-corrected chi connectivity index (χ0v) is 25.8. The Morgan fingerprint density at radius 2 is 0.896 bits per heavy atom. The molecule has 0 aliphatic carbocycles. The van der Waals surface area contributed by atoms with Gasteiger partial charge in [-0.3, -0.25) is 0 Å². The highest BCUT2D eigenvalue weighted by atomic mass is 15.0. The molecule has 4 heterocycles. The zero-order valence-electron chi connectivity index (χ0n) is 25.8. The molecular formula is C44H26N4. The molecule has 0 amide bonds. The minimum atomic E-state index is 0.882. The van der Waals surface area contributed by atoms with Crippen molar-refractivity contribution in [3.8, 4) is 28.2 Å². The van der Waals surface area contributed by atoms with E-state index < -0.39 is 0 Å². The molecule has 4 aromatic heterocycles. The minimum absolute atomic E-state index is 0.882. The smallest absolute Gasteiger partial charge is 0.0973 e. The third-order valence-corrected chi connectivity index (χ3v) is 10.0. The third-order valence-electron chi connectivity index (χ3n) is 10.0. The Morgan fingerprint density at radius 1 is 0.375 bits per heavy atom. The average Bonchev–Trinajstić information content (AvgIpc) is 3.79. The fraction of sp³-hybridized carbons (Fsp3) is 0. The molecule has 0 N–H and O–H groups in total. The highest BCUT2D eigenvalue weighted by Crippen LogP contribution is 2.46. The number of hydrogen-bond acceptors (Lipinski definition) is 2. The van der Waals surface area contributed by atoms with E-state index in [0.717, 1.165) is 39.2 Å². The molecule has 0 fully saturated rings. The highest BCUT2D eigenvalue weighted by molar-refractivity contribution is 6.35. The standard InChI is InChI=1S/C44H26N4/c1-2-12-27(13-3-1)42-43(46-35-18-8-7-17-34(35)45-42)28-22-24-29(25-23-28)47-37-20-10-5-15-31(37)40-39(47)26-33-30-14-4-9-19-36(30)48-38-21-11-6-16-32(38)41(40)44(33)48/h1-26H. The number of nitrogens with zero attached hydrogens (tertiary/aromatic N) is 4. The van der Waals surface area contributed by atoms with Gasteiger partial charge < -0.3 is 8.97 Å². The molecule has 7 aromatic carbocycles. The first-order valence-electron chi connectivity index (χ1n) is 16.4. The van der Waals surface area contributed by atoms with E-state index in [4.69, 9.17) is 9.97 Å². The van der Waals surface area contributed by atoms with Crippen molar-refractivity contribution in [3.63, 3.8) is 0 Å². The van der Waals surface area contributed by atoms with Gasteiger partial charge >= 0.3 is 0 Å². The second kappa shape index (κ2) is 9.50. The number of aromatic nitrogens is 4. The third kappa shape index (κ3) is 3.38. The van der Waals surface area contributed by atoms with Crippen LogP contribution in [0.5, 0.6) is 0 Å². The van der Waals surface area contributed by atoms with Gasteiger partial charge in [-0.15, -0.1) is 0 Å². The van der Waals surface area contributed by atoms with E-state index in [1.807, 2.05) is 30.3 Å². The van der Waals surface area contributed by atoms with Crippen LogP contribution in [0.4, 0.5) is 0 Å². The Balaban J connectivity index is 1.20. The lowest BCUT2D eigenvalue weighted by molar-refractivity contribution is 1.18. The summed E-state index contributed by atoms with van der Waals surface area (Å²) in [6.07, 6.45) is 0. The summed E-state index contributed by atoms with van der Waals surface area (Å²) in [5.74, 6) is 0. The van der Waals surface area contributed by atoms with Gasteiger partial charge in [-0.05, 0) is 48.5 Å². The molecule has 222 valence electrons. The van der Waals surface area contributed by atoms with E-state index in [2.05, 4.69) is 136 Å². The second-order valence-corrected chi connectivity index (χ2v) is 12.6. The molecule has 0 aliphatic rings. The number of rotatable bonds is 3. The van der Waals surface area contributed by atoms with Crippen LogP contribution in [0.1, 0.15) is 0 Å². The maximum atomic E-state index is 5.15. The van der Waals surface area contributed by atoms with Crippen LogP contribution in [0, 0.1) is 0 Å². The SMILES string of the molecule is c1ccc(-c2nc3ccccc3nc2-c2ccc(-n3c4ccccc4c4c5c6ccccc6n6c7ccccc7c(cc43)c56)cc2)cc1. The number of fused-ring (bicyclic) bond motifs is 11. The first-order valence-corrected chi connectivity index (χ1v) is 16.4. The van der Waals surface area contributed by atoms with Gasteiger partial charge in [-0.2, -0.15) is 0 Å². The number of benzene rings is 7. The maximum Gasteiger partial charge on any atom is 0.0973 e. The van der Waals surface area contributed by atoms with Gasteiger partial charge in [-0.25, -0.2) is 9.97 Å². The Hall–Kier alpha value is -6.52. The first-order chi connectivity index (χ1) is 23.8. The van der Waals surface area contributed by atoms with Gasteiger partial charge in [0.2, 0.25) is 0 Å². The Kier molecular flexibility index (Phi) is 5.08. The van der Waals surface area contributed by atoms with Crippen LogP contribution >= 0.6 is 0 Å². The van der Waals surface area contributed by atoms with Crippen LogP contribution in [-0.2, 0) is 0 Å². The summed E-state index contributed by atoms with van der Waals surface area (Å²) >= 11 is 0. The van der Waals surface area contributed by atoms with Gasteiger partial charge in [0.25, 0.3) is 0 Å². The van der Waals surface area contributed by atoms with Crippen LogP contribution in [-0.4, -0.2) is 18.9 Å². The summed E-state index contributed by atoms with van der Waals surface area (Å²) in [7, 11) is 0. The molecule has 0 unspecified atom stereocenters. The summed E-state index contributed by atoms with van der Waals surface area (Å²) in [4.78, 5) is 10.2. The van der Waals surface area contributed by atoms with E-state index in [0.29, 0.717) is 0 Å². The molecule has 0 atom stereocenters. The predicted octanol–water partition coefficient (Wildman–Crippen LogP) is 11.2. The van der Waals surface area contributed by atoms with Crippen molar-refractivity contribution in [2.45, 2.75) is 0 Å². The van der Waals surface area contributed by atoms with Crippen molar-refractivity contribution >= 4 is 70.9 Å². The van der Waals surface area contributed by atoms with Crippen molar-refractivity contribution in [1.82, 2.24) is 18.9 Å². The van der Waals surface area contributed by atoms with Crippen LogP contribution < -0.4 is 0 Å². The van der Waals surface area contributed by atoms with Crippen molar-refractivity contribution in [1.29, 1.82) is 0 Å². The molecule has 4 heteroatoms. The molecule has 0 aliphatic heterocycles. The van der Waals surface area contributed by atoms with Gasteiger partial charge in [-0.1, -0.05) is 109 Å². The normalized spacial score (nSPS) is 12.2. The highest BCUT2D eigenvalue weighted by Gasteiger charge is 2.24. The van der Waals surface area contributed by atoms with Crippen molar-refractivity contribution in [2.24, 2.45) is 0 Å². The van der Waals surface area contributed by atoms with Gasteiger partial charge in [0.1, 0.15) is 0 Å². The predicted molar refractivity (Wildman–Crippen MR) is 199 cm³/mol. The molecule has 0 saturated carbocycles. The van der Waals surface area contributed by atoms with Crippen LogP contribution in [0.3, 0.4) is 0 Å². The zero-order chi connectivity index (χ0) is 31.3. The number of para-hydroxylation sites is 5. The minimum Gasteiger partial charge on any atom is -0.309 e. The quantitative estimate of drug-likeness (QED) is 0.199. The summed E-state index contributed by atoms with van der Waals surface area (Å²) < 4.78 is 4.90. The molecule has 4 nitrogen and oxygen atoms in total.